The second-order valence-electron chi connectivity index (χ2n) is 4.76. The molecule has 0 saturated heterocycles. The van der Waals surface area contributed by atoms with E-state index in [0.29, 0.717) is 11.1 Å². The van der Waals surface area contributed by atoms with Crippen LogP contribution in [0.5, 0.6) is 5.75 Å². The molecule has 1 atom stereocenters. The molecule has 0 heterocycles. The zero-order valence-electron chi connectivity index (χ0n) is 11.6. The van der Waals surface area contributed by atoms with E-state index in [-0.39, 0.29) is 5.02 Å². The fourth-order valence-electron chi connectivity index (χ4n) is 2.34. The first-order chi connectivity index (χ1) is 9.43. The molecule has 0 spiro atoms. The smallest absolute Gasteiger partial charge is 0.142 e. The van der Waals surface area contributed by atoms with Gasteiger partial charge in [-0.25, -0.2) is 4.39 Å². The highest BCUT2D eigenvalue weighted by atomic mass is 35.5. The van der Waals surface area contributed by atoms with Gasteiger partial charge in [-0.2, -0.15) is 0 Å². The van der Waals surface area contributed by atoms with Gasteiger partial charge in [0.2, 0.25) is 0 Å². The Kier molecular flexibility index (Phi) is 4.31. The van der Waals surface area contributed by atoms with E-state index in [0.717, 1.165) is 16.9 Å². The molecular weight excluding hydrogens is 279 g/mol. The van der Waals surface area contributed by atoms with Crippen molar-refractivity contribution in [2.24, 2.45) is 0 Å². The van der Waals surface area contributed by atoms with Crippen molar-refractivity contribution >= 4 is 11.6 Å². The average molecular weight is 295 g/mol. The van der Waals surface area contributed by atoms with Crippen LogP contribution in [0.1, 0.15) is 28.4 Å². The van der Waals surface area contributed by atoms with E-state index in [1.165, 1.54) is 12.1 Å². The van der Waals surface area contributed by atoms with Crippen molar-refractivity contribution in [3.63, 3.8) is 0 Å². The number of hydrogen-bond donors (Lipinski definition) is 1. The fourth-order valence-corrected chi connectivity index (χ4v) is 2.46. The number of methoxy groups -OCH3 is 1. The Hall–Kier alpha value is -1.58. The van der Waals surface area contributed by atoms with E-state index in [1.54, 1.807) is 13.2 Å². The summed E-state index contributed by atoms with van der Waals surface area (Å²) in [5.41, 5.74) is 3.02. The summed E-state index contributed by atoms with van der Waals surface area (Å²) in [7, 11) is 1.61. The molecule has 0 aliphatic carbocycles. The first-order valence-electron chi connectivity index (χ1n) is 6.22. The molecule has 0 fully saturated rings. The Morgan fingerprint density at radius 2 is 1.70 bits per heavy atom. The fraction of sp³-hybridized carbons (Fsp3) is 0.250. The normalized spacial score (nSPS) is 12.3. The van der Waals surface area contributed by atoms with Gasteiger partial charge in [0.1, 0.15) is 17.7 Å². The summed E-state index contributed by atoms with van der Waals surface area (Å²) < 4.78 is 18.8. The molecule has 1 N–H and O–H groups in total. The van der Waals surface area contributed by atoms with Crippen LogP contribution in [0, 0.1) is 19.7 Å². The number of benzene rings is 2. The first-order valence-corrected chi connectivity index (χ1v) is 6.60. The highest BCUT2D eigenvalue weighted by molar-refractivity contribution is 6.30. The van der Waals surface area contributed by atoms with Gasteiger partial charge in [0.05, 0.1) is 12.1 Å². The summed E-state index contributed by atoms with van der Waals surface area (Å²) in [4.78, 5) is 0. The monoisotopic (exact) mass is 294 g/mol. The molecule has 2 nitrogen and oxygen atoms in total. The minimum Gasteiger partial charge on any atom is -0.496 e. The molecule has 0 aliphatic rings. The quantitative estimate of drug-likeness (QED) is 0.920. The van der Waals surface area contributed by atoms with E-state index in [4.69, 9.17) is 16.3 Å². The predicted molar refractivity (Wildman–Crippen MR) is 77.9 cm³/mol. The van der Waals surface area contributed by atoms with Crippen LogP contribution in [-0.2, 0) is 0 Å². The summed E-state index contributed by atoms with van der Waals surface area (Å²) in [5.74, 6) is 0.258. The molecule has 2 rings (SSSR count). The highest BCUT2D eigenvalue weighted by Gasteiger charge is 2.15. The molecule has 0 radical (unpaired) electrons. The van der Waals surface area contributed by atoms with Crippen LogP contribution in [0.2, 0.25) is 5.02 Å². The van der Waals surface area contributed by atoms with E-state index < -0.39 is 11.9 Å². The third kappa shape index (κ3) is 2.79. The molecule has 0 amide bonds. The number of rotatable bonds is 3. The number of aliphatic hydroxyl groups excluding tert-OH is 1. The Morgan fingerprint density at radius 1 is 1.10 bits per heavy atom. The Morgan fingerprint density at radius 3 is 2.20 bits per heavy atom. The lowest BCUT2D eigenvalue weighted by molar-refractivity contribution is 0.219. The van der Waals surface area contributed by atoms with Crippen molar-refractivity contribution in [3.05, 3.63) is 63.4 Å². The van der Waals surface area contributed by atoms with Gasteiger partial charge in [0.25, 0.3) is 0 Å². The lowest BCUT2D eigenvalue weighted by Gasteiger charge is -2.16. The maximum absolute atomic E-state index is 13.5. The minimum atomic E-state index is -0.898. The van der Waals surface area contributed by atoms with Gasteiger partial charge in [-0.15, -0.1) is 0 Å². The molecule has 0 aromatic heterocycles. The van der Waals surface area contributed by atoms with E-state index in [9.17, 15) is 9.50 Å². The Balaban J connectivity index is 2.42. The molecule has 106 valence electrons. The third-order valence-corrected chi connectivity index (χ3v) is 3.57. The molecule has 0 saturated carbocycles. The second-order valence-corrected chi connectivity index (χ2v) is 5.17. The highest BCUT2D eigenvalue weighted by Crippen LogP contribution is 2.31. The number of halogens is 2. The van der Waals surface area contributed by atoms with Crippen molar-refractivity contribution in [2.45, 2.75) is 20.0 Å². The van der Waals surface area contributed by atoms with Gasteiger partial charge in [0, 0.05) is 0 Å². The van der Waals surface area contributed by atoms with Crippen molar-refractivity contribution < 1.29 is 14.2 Å². The summed E-state index contributed by atoms with van der Waals surface area (Å²) in [6.45, 7) is 3.81. The second kappa shape index (κ2) is 5.81. The molecular formula is C16H16ClFO2. The van der Waals surface area contributed by atoms with E-state index >= 15 is 0 Å². The standard InChI is InChI=1S/C16H16ClFO2/c1-9-6-12(7-10(2)16(9)20-3)15(19)11-4-5-13(17)14(18)8-11/h4-8,15,19H,1-3H3. The van der Waals surface area contributed by atoms with Crippen LogP contribution in [0.4, 0.5) is 4.39 Å². The zero-order valence-corrected chi connectivity index (χ0v) is 12.3. The lowest BCUT2D eigenvalue weighted by Crippen LogP contribution is -2.03. The van der Waals surface area contributed by atoms with Crippen molar-refractivity contribution in [2.75, 3.05) is 7.11 Å². The summed E-state index contributed by atoms with van der Waals surface area (Å²) >= 11 is 5.65. The lowest BCUT2D eigenvalue weighted by atomic mass is 9.97. The molecule has 4 heteroatoms. The van der Waals surface area contributed by atoms with Gasteiger partial charge in [-0.3, -0.25) is 0 Å². The van der Waals surface area contributed by atoms with Gasteiger partial charge in [-0.1, -0.05) is 17.7 Å². The molecule has 2 aromatic rings. The van der Waals surface area contributed by atoms with E-state index in [2.05, 4.69) is 0 Å². The third-order valence-electron chi connectivity index (χ3n) is 3.26. The maximum atomic E-state index is 13.5. The summed E-state index contributed by atoms with van der Waals surface area (Å²) in [5, 5.41) is 10.4. The maximum Gasteiger partial charge on any atom is 0.142 e. The average Bonchev–Trinajstić information content (AvgIpc) is 2.40. The topological polar surface area (TPSA) is 29.5 Å². The van der Waals surface area contributed by atoms with Crippen LogP contribution >= 0.6 is 11.6 Å². The largest absolute Gasteiger partial charge is 0.496 e. The van der Waals surface area contributed by atoms with Crippen molar-refractivity contribution in [3.8, 4) is 5.75 Å². The SMILES string of the molecule is COc1c(C)cc(C(O)c2ccc(Cl)c(F)c2)cc1C. The number of aliphatic hydroxyl groups is 1. The summed E-state index contributed by atoms with van der Waals surface area (Å²) in [6, 6.07) is 7.98. The van der Waals surface area contributed by atoms with Crippen LogP contribution in [0.15, 0.2) is 30.3 Å². The van der Waals surface area contributed by atoms with Crippen LogP contribution in [0.3, 0.4) is 0 Å². The minimum absolute atomic E-state index is 0.0445. The van der Waals surface area contributed by atoms with Gasteiger partial charge in [-0.05, 0) is 60.4 Å². The molecule has 20 heavy (non-hydrogen) atoms. The van der Waals surface area contributed by atoms with Crippen LogP contribution in [0.25, 0.3) is 0 Å². The van der Waals surface area contributed by atoms with Gasteiger partial charge in [0.15, 0.2) is 0 Å². The van der Waals surface area contributed by atoms with Crippen molar-refractivity contribution in [1.82, 2.24) is 0 Å². The zero-order chi connectivity index (χ0) is 14.9. The Bertz CT molecular complexity index is 617. The first kappa shape index (κ1) is 14.8. The molecule has 0 aliphatic heterocycles. The van der Waals surface area contributed by atoms with Crippen molar-refractivity contribution in [1.29, 1.82) is 0 Å². The summed E-state index contributed by atoms with van der Waals surface area (Å²) in [6.07, 6.45) is -0.898. The van der Waals surface area contributed by atoms with E-state index in [1.807, 2.05) is 26.0 Å². The number of hydrogen-bond acceptors (Lipinski definition) is 2. The number of aryl methyl sites for hydroxylation is 2. The van der Waals surface area contributed by atoms with Crippen LogP contribution in [-0.4, -0.2) is 12.2 Å². The van der Waals surface area contributed by atoms with Gasteiger partial charge >= 0.3 is 0 Å². The van der Waals surface area contributed by atoms with Gasteiger partial charge < -0.3 is 9.84 Å². The Labute approximate surface area is 122 Å². The predicted octanol–water partition coefficient (Wildman–Crippen LogP) is 4.19. The molecule has 2 aromatic carbocycles. The number of ether oxygens (including phenoxy) is 1. The molecule has 0 bridgehead atoms. The van der Waals surface area contributed by atoms with Crippen LogP contribution < -0.4 is 4.74 Å². The molecule has 1 unspecified atom stereocenters.